The topological polar surface area (TPSA) is 84.9 Å². The number of hydrogen-bond acceptors (Lipinski definition) is 4. The monoisotopic (exact) mass is 331 g/mol. The van der Waals surface area contributed by atoms with Crippen molar-refractivity contribution in [3.63, 3.8) is 0 Å². The van der Waals surface area contributed by atoms with Gasteiger partial charge in [-0.1, -0.05) is 0 Å². The van der Waals surface area contributed by atoms with Crippen molar-refractivity contribution in [2.24, 2.45) is 0 Å². The van der Waals surface area contributed by atoms with E-state index >= 15 is 0 Å². The molecular weight excluding hydrogens is 312 g/mol. The molecule has 0 bridgehead atoms. The van der Waals surface area contributed by atoms with Crippen LogP contribution in [0.3, 0.4) is 0 Å². The van der Waals surface area contributed by atoms with Gasteiger partial charge in [-0.3, -0.25) is 4.79 Å². The molecule has 0 aromatic heterocycles. The molecule has 8 heteroatoms. The molecule has 0 fully saturated rings. The zero-order valence-corrected chi connectivity index (χ0v) is 13.1. The summed E-state index contributed by atoms with van der Waals surface area (Å²) in [5, 5.41) is 11.4. The molecule has 2 N–H and O–H groups in total. The van der Waals surface area contributed by atoms with Crippen LogP contribution in [0.15, 0.2) is 12.1 Å². The molecule has 0 aliphatic heterocycles. The molecule has 6 nitrogen and oxygen atoms in total. The van der Waals surface area contributed by atoms with Crippen LogP contribution in [0, 0.1) is 13.8 Å². The van der Waals surface area contributed by atoms with Gasteiger partial charge in [-0.25, -0.2) is 4.79 Å². The van der Waals surface area contributed by atoms with E-state index in [0.717, 1.165) is 0 Å². The molecule has 1 atom stereocenters. The highest BCUT2D eigenvalue weighted by molar-refractivity contribution is 5.97. The quantitative estimate of drug-likeness (QED) is 0.762. The van der Waals surface area contributed by atoms with Crippen LogP contribution in [0.5, 0.6) is 5.75 Å². The summed E-state index contributed by atoms with van der Waals surface area (Å²) in [6.45, 7) is 0.274. The van der Waals surface area contributed by atoms with Crippen LogP contribution < -0.4 is 10.1 Å². The van der Waals surface area contributed by atoms with Gasteiger partial charge in [0.1, 0.15) is 11.8 Å². The second-order valence-corrected chi connectivity index (χ2v) is 4.96. The van der Waals surface area contributed by atoms with Crippen molar-refractivity contribution < 1.29 is 33.0 Å². The van der Waals surface area contributed by atoms with Crippen molar-refractivity contribution in [2.45, 2.75) is 32.9 Å². The SMILES string of the molecule is COCCC(NC(=O)c1cc(C)c(OC(F)F)c(C)c1)C(=O)O. The van der Waals surface area contributed by atoms with Gasteiger partial charge >= 0.3 is 12.6 Å². The molecule has 0 saturated heterocycles. The number of aryl methyl sites for hydroxylation is 2. The lowest BCUT2D eigenvalue weighted by Crippen LogP contribution is -2.41. The predicted molar refractivity (Wildman–Crippen MR) is 77.9 cm³/mol. The average molecular weight is 331 g/mol. The molecule has 128 valence electrons. The van der Waals surface area contributed by atoms with Gasteiger partial charge in [-0.2, -0.15) is 8.78 Å². The molecule has 1 amide bonds. The number of carboxylic acids is 1. The van der Waals surface area contributed by atoms with Gasteiger partial charge in [0.05, 0.1) is 0 Å². The first-order valence-corrected chi connectivity index (χ1v) is 6.85. The van der Waals surface area contributed by atoms with Gasteiger partial charge < -0.3 is 19.9 Å². The molecule has 0 spiro atoms. The van der Waals surface area contributed by atoms with Crippen LogP contribution >= 0.6 is 0 Å². The Hall–Kier alpha value is -2.22. The summed E-state index contributed by atoms with van der Waals surface area (Å²) < 4.78 is 33.9. The lowest BCUT2D eigenvalue weighted by molar-refractivity contribution is -0.139. The zero-order valence-electron chi connectivity index (χ0n) is 13.1. The normalized spacial score (nSPS) is 12.1. The molecule has 23 heavy (non-hydrogen) atoms. The van der Waals surface area contributed by atoms with Gasteiger partial charge in [0.15, 0.2) is 0 Å². The number of aliphatic carboxylic acids is 1. The van der Waals surface area contributed by atoms with E-state index in [1.54, 1.807) is 0 Å². The first kappa shape index (κ1) is 18.8. The minimum Gasteiger partial charge on any atom is -0.480 e. The summed E-state index contributed by atoms with van der Waals surface area (Å²) >= 11 is 0. The van der Waals surface area contributed by atoms with Crippen LogP contribution in [0.4, 0.5) is 8.78 Å². The average Bonchev–Trinajstić information content (AvgIpc) is 2.46. The van der Waals surface area contributed by atoms with E-state index in [-0.39, 0.29) is 24.3 Å². The Balaban J connectivity index is 2.93. The van der Waals surface area contributed by atoms with Gasteiger partial charge in [-0.15, -0.1) is 0 Å². The third-order valence-corrected chi connectivity index (χ3v) is 3.14. The second kappa shape index (κ2) is 8.42. The highest BCUT2D eigenvalue weighted by atomic mass is 19.3. The molecule has 0 aliphatic carbocycles. The summed E-state index contributed by atoms with van der Waals surface area (Å²) in [7, 11) is 1.43. The van der Waals surface area contributed by atoms with Crippen molar-refractivity contribution >= 4 is 11.9 Å². The number of hydrogen-bond donors (Lipinski definition) is 2. The zero-order chi connectivity index (χ0) is 17.6. The van der Waals surface area contributed by atoms with E-state index in [4.69, 9.17) is 9.84 Å². The van der Waals surface area contributed by atoms with Crippen LogP contribution in [0.1, 0.15) is 27.9 Å². The largest absolute Gasteiger partial charge is 0.480 e. The number of carbonyl (C=O) groups is 2. The van der Waals surface area contributed by atoms with Crippen molar-refractivity contribution in [2.75, 3.05) is 13.7 Å². The molecule has 1 aromatic rings. The van der Waals surface area contributed by atoms with Gasteiger partial charge in [0.2, 0.25) is 0 Å². The number of nitrogens with one attached hydrogen (secondary N) is 1. The smallest absolute Gasteiger partial charge is 0.387 e. The second-order valence-electron chi connectivity index (χ2n) is 4.96. The van der Waals surface area contributed by atoms with Crippen molar-refractivity contribution in [1.29, 1.82) is 0 Å². The standard InChI is InChI=1S/C15H19F2NO5/c1-8-6-10(7-9(2)12(8)23-15(16)17)13(19)18-11(14(20)21)4-5-22-3/h6-7,11,15H,4-5H2,1-3H3,(H,18,19)(H,20,21). The number of benzene rings is 1. The molecule has 0 radical (unpaired) electrons. The third-order valence-electron chi connectivity index (χ3n) is 3.14. The van der Waals surface area contributed by atoms with Crippen molar-refractivity contribution in [3.8, 4) is 5.75 Å². The minimum absolute atomic E-state index is 0.00529. The summed E-state index contributed by atoms with van der Waals surface area (Å²) in [4.78, 5) is 23.3. The van der Waals surface area contributed by atoms with E-state index in [9.17, 15) is 18.4 Å². The maximum atomic E-state index is 12.3. The van der Waals surface area contributed by atoms with Crippen molar-refractivity contribution in [1.82, 2.24) is 5.32 Å². The Labute approximate surface area is 132 Å². The molecular formula is C15H19F2NO5. The van der Waals surface area contributed by atoms with E-state index in [0.29, 0.717) is 11.1 Å². The Morgan fingerprint density at radius 3 is 2.26 bits per heavy atom. The molecule has 0 saturated carbocycles. The number of alkyl halides is 2. The Bertz CT molecular complexity index is 554. The number of halogens is 2. The Morgan fingerprint density at radius 2 is 1.83 bits per heavy atom. The number of methoxy groups -OCH3 is 1. The lowest BCUT2D eigenvalue weighted by atomic mass is 10.0. The maximum absolute atomic E-state index is 12.3. The molecule has 0 heterocycles. The van der Waals surface area contributed by atoms with E-state index in [2.05, 4.69) is 10.1 Å². The summed E-state index contributed by atoms with van der Waals surface area (Å²) in [6, 6.07) is 1.64. The van der Waals surface area contributed by atoms with Crippen LogP contribution in [-0.2, 0) is 9.53 Å². The Morgan fingerprint density at radius 1 is 1.26 bits per heavy atom. The fourth-order valence-corrected chi connectivity index (χ4v) is 2.09. The fraction of sp³-hybridized carbons (Fsp3) is 0.467. The minimum atomic E-state index is -2.96. The van der Waals surface area contributed by atoms with Crippen LogP contribution in [-0.4, -0.2) is 43.4 Å². The first-order chi connectivity index (χ1) is 10.8. The van der Waals surface area contributed by atoms with Gasteiger partial charge in [-0.05, 0) is 37.1 Å². The first-order valence-electron chi connectivity index (χ1n) is 6.85. The van der Waals surface area contributed by atoms with Crippen LogP contribution in [0.25, 0.3) is 0 Å². The Kier molecular flexibility index (Phi) is 6.89. The molecule has 0 aliphatic rings. The predicted octanol–water partition coefficient (Wildman–Crippen LogP) is 2.12. The number of ether oxygens (including phenoxy) is 2. The van der Waals surface area contributed by atoms with Crippen molar-refractivity contribution in [3.05, 3.63) is 28.8 Å². The van der Waals surface area contributed by atoms with Crippen LogP contribution in [0.2, 0.25) is 0 Å². The van der Waals surface area contributed by atoms with Gasteiger partial charge in [0.25, 0.3) is 5.91 Å². The van der Waals surface area contributed by atoms with E-state index < -0.39 is 24.5 Å². The summed E-state index contributed by atoms with van der Waals surface area (Å²) in [6.07, 6.45) is 0.113. The fourth-order valence-electron chi connectivity index (χ4n) is 2.09. The molecule has 1 aromatic carbocycles. The summed E-state index contributed by atoms with van der Waals surface area (Å²) in [5.41, 5.74) is 0.892. The number of rotatable bonds is 8. The summed E-state index contributed by atoms with van der Waals surface area (Å²) in [5.74, 6) is -1.78. The molecule has 1 rings (SSSR count). The number of carbonyl (C=O) groups excluding carboxylic acids is 1. The highest BCUT2D eigenvalue weighted by Crippen LogP contribution is 2.26. The molecule has 1 unspecified atom stereocenters. The number of amides is 1. The number of carboxylic acid groups (broad SMARTS) is 1. The maximum Gasteiger partial charge on any atom is 0.387 e. The lowest BCUT2D eigenvalue weighted by Gasteiger charge is -2.16. The van der Waals surface area contributed by atoms with E-state index in [1.807, 2.05) is 0 Å². The van der Waals surface area contributed by atoms with E-state index in [1.165, 1.54) is 33.1 Å². The highest BCUT2D eigenvalue weighted by Gasteiger charge is 2.21. The van der Waals surface area contributed by atoms with Gasteiger partial charge in [0, 0.05) is 25.7 Å². The third kappa shape index (κ3) is 5.48.